The monoisotopic (exact) mass is 517 g/mol. The second kappa shape index (κ2) is 11.6. The number of piperazine rings is 1. The average molecular weight is 518 g/mol. The molecule has 5 rings (SSSR count). The topological polar surface area (TPSA) is 80.9 Å². The van der Waals surface area contributed by atoms with E-state index in [4.69, 9.17) is 4.74 Å². The van der Waals surface area contributed by atoms with Crippen LogP contribution in [0.1, 0.15) is 40.0 Å². The number of likely N-dealkylation sites (N-methyl/N-ethyl adjacent to an activating group) is 1. The predicted octanol–water partition coefficient (Wildman–Crippen LogP) is 3.33. The zero-order valence-corrected chi connectivity index (χ0v) is 22.8. The van der Waals surface area contributed by atoms with Gasteiger partial charge in [-0.3, -0.25) is 14.5 Å². The first-order chi connectivity index (χ1) is 18.4. The number of fused-ring (bicyclic) bond motifs is 1. The number of hydrogen-bond donors (Lipinski definition) is 2. The maximum Gasteiger partial charge on any atom is 0.253 e. The largest absolute Gasteiger partial charge is 0.492 e. The van der Waals surface area contributed by atoms with Gasteiger partial charge in [-0.05, 0) is 68.8 Å². The number of carbonyl (C=O) groups is 2. The van der Waals surface area contributed by atoms with Crippen LogP contribution in [-0.4, -0.2) is 90.5 Å². The number of carbonyl (C=O) groups excluding carboxylic acids is 2. The van der Waals surface area contributed by atoms with Gasteiger partial charge in [0.05, 0.1) is 0 Å². The third kappa shape index (κ3) is 6.19. The summed E-state index contributed by atoms with van der Waals surface area (Å²) in [4.78, 5) is 34.5. The maximum absolute atomic E-state index is 13.1. The van der Waals surface area contributed by atoms with Gasteiger partial charge in [-0.1, -0.05) is 12.1 Å². The van der Waals surface area contributed by atoms with E-state index in [1.807, 2.05) is 35.2 Å². The molecule has 3 aromatic rings. The molecule has 8 heteroatoms. The Bertz CT molecular complexity index is 1290. The first-order valence-corrected chi connectivity index (χ1v) is 13.7. The van der Waals surface area contributed by atoms with Gasteiger partial charge in [-0.25, -0.2) is 0 Å². The van der Waals surface area contributed by atoms with Gasteiger partial charge in [0.25, 0.3) is 5.91 Å². The number of amides is 2. The van der Waals surface area contributed by atoms with Crippen molar-refractivity contribution in [1.29, 1.82) is 0 Å². The normalized spacial score (nSPS) is 18.4. The Morgan fingerprint density at radius 1 is 1.11 bits per heavy atom. The Labute approximate surface area is 224 Å². The van der Waals surface area contributed by atoms with Crippen LogP contribution in [-0.2, 0) is 11.3 Å². The molecule has 0 bridgehead atoms. The molecule has 2 saturated heterocycles. The van der Waals surface area contributed by atoms with E-state index < -0.39 is 0 Å². The first-order valence-electron chi connectivity index (χ1n) is 13.7. The second-order valence-corrected chi connectivity index (χ2v) is 10.8. The molecule has 2 amide bonds. The molecule has 0 radical (unpaired) electrons. The fourth-order valence-electron chi connectivity index (χ4n) is 5.54. The van der Waals surface area contributed by atoms with Gasteiger partial charge in [-0.2, -0.15) is 0 Å². The number of hydrogen-bond acceptors (Lipinski definition) is 5. The fourth-order valence-corrected chi connectivity index (χ4v) is 5.54. The summed E-state index contributed by atoms with van der Waals surface area (Å²) in [6.45, 7) is 10.4. The highest BCUT2D eigenvalue weighted by Crippen LogP contribution is 2.23. The third-order valence-corrected chi connectivity index (χ3v) is 7.86. The number of benzene rings is 2. The molecule has 2 N–H and O–H groups in total. The molecule has 1 unspecified atom stereocenters. The second-order valence-electron chi connectivity index (χ2n) is 10.8. The first kappa shape index (κ1) is 26.3. The van der Waals surface area contributed by atoms with Crippen molar-refractivity contribution in [2.24, 2.45) is 0 Å². The predicted molar refractivity (Wildman–Crippen MR) is 150 cm³/mol. The van der Waals surface area contributed by atoms with Crippen molar-refractivity contribution in [2.45, 2.75) is 39.3 Å². The number of rotatable bonds is 9. The number of nitrogens with one attached hydrogen (secondary N) is 2. The van der Waals surface area contributed by atoms with Crippen LogP contribution < -0.4 is 10.1 Å². The summed E-state index contributed by atoms with van der Waals surface area (Å²) >= 11 is 0. The summed E-state index contributed by atoms with van der Waals surface area (Å²) in [6, 6.07) is 14.5. The van der Waals surface area contributed by atoms with Crippen LogP contribution in [0.25, 0.3) is 10.9 Å². The minimum absolute atomic E-state index is 0.109. The van der Waals surface area contributed by atoms with Gasteiger partial charge in [0.15, 0.2) is 0 Å². The van der Waals surface area contributed by atoms with Gasteiger partial charge in [-0.15, -0.1) is 0 Å². The molecule has 0 saturated carbocycles. The molecule has 2 fully saturated rings. The Morgan fingerprint density at radius 2 is 1.92 bits per heavy atom. The summed E-state index contributed by atoms with van der Waals surface area (Å²) in [5.74, 6) is 1.15. The highest BCUT2D eigenvalue weighted by atomic mass is 16.5. The van der Waals surface area contributed by atoms with E-state index >= 15 is 0 Å². The van der Waals surface area contributed by atoms with E-state index in [9.17, 15) is 9.59 Å². The van der Waals surface area contributed by atoms with Gasteiger partial charge in [0.1, 0.15) is 12.4 Å². The Morgan fingerprint density at radius 3 is 2.68 bits per heavy atom. The van der Waals surface area contributed by atoms with Crippen molar-refractivity contribution in [2.75, 3.05) is 52.9 Å². The number of aromatic amines is 1. The van der Waals surface area contributed by atoms with E-state index in [-0.39, 0.29) is 17.9 Å². The summed E-state index contributed by atoms with van der Waals surface area (Å²) < 4.78 is 6.08. The zero-order chi connectivity index (χ0) is 26.6. The number of aromatic nitrogens is 1. The molecular weight excluding hydrogens is 478 g/mol. The van der Waals surface area contributed by atoms with Gasteiger partial charge in [0, 0.05) is 80.4 Å². The van der Waals surface area contributed by atoms with E-state index in [1.165, 1.54) is 11.1 Å². The molecule has 8 nitrogen and oxygen atoms in total. The lowest BCUT2D eigenvalue weighted by molar-refractivity contribution is -0.119. The average Bonchev–Trinajstić information content (AvgIpc) is 3.45. The molecule has 2 aliphatic rings. The van der Waals surface area contributed by atoms with Crippen LogP contribution in [0.15, 0.2) is 42.5 Å². The number of ether oxygens (including phenoxy) is 1. The van der Waals surface area contributed by atoms with Gasteiger partial charge in [0.2, 0.25) is 5.91 Å². The van der Waals surface area contributed by atoms with Crippen molar-refractivity contribution in [1.82, 2.24) is 25.0 Å². The van der Waals surface area contributed by atoms with Crippen LogP contribution >= 0.6 is 0 Å². The third-order valence-electron chi connectivity index (χ3n) is 7.86. The molecular formula is C30H39N5O3. The lowest BCUT2D eigenvalue weighted by Crippen LogP contribution is -2.49. The Hall–Kier alpha value is -3.36. The number of aryl methyl sites for hydroxylation is 2. The molecule has 0 spiro atoms. The van der Waals surface area contributed by atoms with Gasteiger partial charge >= 0.3 is 0 Å². The minimum atomic E-state index is 0.109. The van der Waals surface area contributed by atoms with Crippen molar-refractivity contribution in [3.05, 3.63) is 64.8 Å². The molecule has 38 heavy (non-hydrogen) atoms. The smallest absolute Gasteiger partial charge is 0.253 e. The summed E-state index contributed by atoms with van der Waals surface area (Å²) in [7, 11) is 2.09. The van der Waals surface area contributed by atoms with Crippen LogP contribution in [0, 0.1) is 13.8 Å². The summed E-state index contributed by atoms with van der Waals surface area (Å²) in [5, 5.41) is 4.16. The molecule has 1 aromatic heterocycles. The van der Waals surface area contributed by atoms with Crippen LogP contribution in [0.5, 0.6) is 5.75 Å². The Balaban J connectivity index is 1.05. The standard InChI is InChI=1S/C30H39N5O3/c1-21-22(2)31-28-9-7-24(18-27(21)28)30(37)35-13-11-34(12-14-35)15-16-38-26-6-4-5-23(17-26)19-33(3)20-25-8-10-29(36)32-25/h4-7,9,17-18,25,31H,8,10-16,19-20H2,1-3H3,(H,32,36). The van der Waals surface area contributed by atoms with Crippen molar-refractivity contribution in [3.63, 3.8) is 0 Å². The zero-order valence-electron chi connectivity index (χ0n) is 22.8. The van der Waals surface area contributed by atoms with E-state index in [0.717, 1.165) is 80.1 Å². The SMILES string of the molecule is Cc1[nH]c2ccc(C(=O)N3CCN(CCOc4cccc(CN(C)CC5CCC(=O)N5)c4)CC3)cc2c1C. The van der Waals surface area contributed by atoms with Gasteiger partial charge < -0.3 is 24.8 Å². The molecule has 0 aliphatic carbocycles. The number of nitrogens with zero attached hydrogens (tertiary/aromatic N) is 3. The number of H-pyrrole nitrogens is 1. The summed E-state index contributed by atoms with van der Waals surface area (Å²) in [5.41, 5.74) is 5.39. The summed E-state index contributed by atoms with van der Waals surface area (Å²) in [6.07, 6.45) is 1.55. The molecule has 202 valence electrons. The molecule has 2 aliphatic heterocycles. The van der Waals surface area contributed by atoms with Crippen molar-refractivity contribution in [3.8, 4) is 5.75 Å². The molecule has 3 heterocycles. The van der Waals surface area contributed by atoms with E-state index in [0.29, 0.717) is 13.0 Å². The maximum atomic E-state index is 13.1. The molecule has 2 aromatic carbocycles. The quantitative estimate of drug-likeness (QED) is 0.455. The van der Waals surface area contributed by atoms with E-state index in [1.54, 1.807) is 0 Å². The molecule has 1 atom stereocenters. The van der Waals surface area contributed by atoms with Crippen molar-refractivity contribution < 1.29 is 14.3 Å². The van der Waals surface area contributed by atoms with Crippen LogP contribution in [0.4, 0.5) is 0 Å². The van der Waals surface area contributed by atoms with Crippen molar-refractivity contribution >= 4 is 22.7 Å². The Kier molecular flexibility index (Phi) is 8.00. The lowest BCUT2D eigenvalue weighted by atomic mass is 10.1. The lowest BCUT2D eigenvalue weighted by Gasteiger charge is -2.34. The van der Waals surface area contributed by atoms with Crippen LogP contribution in [0.3, 0.4) is 0 Å². The van der Waals surface area contributed by atoms with Crippen LogP contribution in [0.2, 0.25) is 0 Å². The van der Waals surface area contributed by atoms with E-state index in [2.05, 4.69) is 53.1 Å². The highest BCUT2D eigenvalue weighted by molar-refractivity contribution is 5.99. The fraction of sp³-hybridized carbons (Fsp3) is 0.467. The minimum Gasteiger partial charge on any atom is -0.492 e. The highest BCUT2D eigenvalue weighted by Gasteiger charge is 2.23.